The largest absolute Gasteiger partial charge is 0.325 e. The molecular formula is C23H24N4O2S2. The third-order valence-corrected chi connectivity index (χ3v) is 6.69. The number of amides is 2. The van der Waals surface area contributed by atoms with Crippen molar-refractivity contribution in [2.75, 3.05) is 10.6 Å². The number of aryl methyl sites for hydroxylation is 1. The van der Waals surface area contributed by atoms with Crippen molar-refractivity contribution in [2.45, 2.75) is 36.3 Å². The molecular weight excluding hydrogens is 428 g/mol. The van der Waals surface area contributed by atoms with Crippen LogP contribution in [0, 0.1) is 0 Å². The first-order valence-corrected chi connectivity index (χ1v) is 11.7. The molecule has 3 aromatic rings. The van der Waals surface area contributed by atoms with E-state index in [9.17, 15) is 9.59 Å². The molecule has 2 N–H and O–H groups in total. The fraction of sp³-hybridized carbons (Fsp3) is 0.217. The van der Waals surface area contributed by atoms with Crippen LogP contribution >= 0.6 is 23.1 Å². The minimum atomic E-state index is -0.305. The summed E-state index contributed by atoms with van der Waals surface area (Å²) in [5, 5.41) is 13.9. The van der Waals surface area contributed by atoms with Crippen molar-refractivity contribution in [1.82, 2.24) is 10.2 Å². The van der Waals surface area contributed by atoms with Crippen LogP contribution in [-0.2, 0) is 16.0 Å². The molecule has 8 heteroatoms. The lowest BCUT2D eigenvalue weighted by molar-refractivity contribution is -0.115. The van der Waals surface area contributed by atoms with Crippen molar-refractivity contribution in [2.24, 2.45) is 0 Å². The Morgan fingerprint density at radius 2 is 1.77 bits per heavy atom. The number of anilines is 2. The van der Waals surface area contributed by atoms with Gasteiger partial charge in [-0.25, -0.2) is 0 Å². The van der Waals surface area contributed by atoms with Gasteiger partial charge in [-0.3, -0.25) is 14.9 Å². The SMILES string of the molecule is CCc1ccc(NC(=O)C(CC)Sc2nnc(NC(=O)C=Cc3ccccc3)s2)cc1. The molecule has 0 aliphatic rings. The molecule has 31 heavy (non-hydrogen) atoms. The summed E-state index contributed by atoms with van der Waals surface area (Å²) in [7, 11) is 0. The van der Waals surface area contributed by atoms with Crippen LogP contribution in [0.2, 0.25) is 0 Å². The molecule has 0 aliphatic heterocycles. The number of benzene rings is 2. The average molecular weight is 453 g/mol. The lowest BCUT2D eigenvalue weighted by atomic mass is 10.1. The van der Waals surface area contributed by atoms with E-state index in [1.807, 2.05) is 61.5 Å². The molecule has 0 radical (unpaired) electrons. The highest BCUT2D eigenvalue weighted by Gasteiger charge is 2.20. The minimum Gasteiger partial charge on any atom is -0.325 e. The number of aromatic nitrogens is 2. The van der Waals surface area contributed by atoms with Gasteiger partial charge in [0, 0.05) is 11.8 Å². The summed E-state index contributed by atoms with van der Waals surface area (Å²) in [4.78, 5) is 24.8. The van der Waals surface area contributed by atoms with Gasteiger partial charge < -0.3 is 5.32 Å². The number of hydrogen-bond acceptors (Lipinski definition) is 6. The van der Waals surface area contributed by atoms with Gasteiger partial charge >= 0.3 is 0 Å². The summed E-state index contributed by atoms with van der Waals surface area (Å²) >= 11 is 2.60. The zero-order chi connectivity index (χ0) is 22.1. The molecule has 0 bridgehead atoms. The summed E-state index contributed by atoms with van der Waals surface area (Å²) in [5.41, 5.74) is 2.94. The van der Waals surface area contributed by atoms with E-state index in [0.29, 0.717) is 15.9 Å². The number of carbonyl (C=O) groups is 2. The highest BCUT2D eigenvalue weighted by atomic mass is 32.2. The summed E-state index contributed by atoms with van der Waals surface area (Å²) < 4.78 is 0.630. The van der Waals surface area contributed by atoms with Crippen molar-refractivity contribution < 1.29 is 9.59 Å². The lowest BCUT2D eigenvalue weighted by Gasteiger charge is -2.13. The molecule has 0 spiro atoms. The first-order chi connectivity index (χ1) is 15.1. The van der Waals surface area contributed by atoms with Crippen molar-refractivity contribution in [3.8, 4) is 0 Å². The fourth-order valence-electron chi connectivity index (χ4n) is 2.68. The van der Waals surface area contributed by atoms with Gasteiger partial charge in [-0.2, -0.15) is 0 Å². The van der Waals surface area contributed by atoms with Crippen LogP contribution in [0.1, 0.15) is 31.4 Å². The molecule has 0 fully saturated rings. The zero-order valence-electron chi connectivity index (χ0n) is 17.4. The maximum Gasteiger partial charge on any atom is 0.250 e. The molecule has 160 valence electrons. The molecule has 0 saturated heterocycles. The Morgan fingerprint density at radius 3 is 2.45 bits per heavy atom. The van der Waals surface area contributed by atoms with Crippen molar-refractivity contribution in [3.05, 3.63) is 71.8 Å². The maximum absolute atomic E-state index is 12.7. The normalized spacial score (nSPS) is 11.9. The molecule has 3 rings (SSSR count). The van der Waals surface area contributed by atoms with Gasteiger partial charge in [-0.15, -0.1) is 10.2 Å². The summed E-state index contributed by atoms with van der Waals surface area (Å²) in [6.45, 7) is 4.05. The Balaban J connectivity index is 1.54. The molecule has 2 amide bonds. The van der Waals surface area contributed by atoms with Crippen LogP contribution in [-0.4, -0.2) is 27.3 Å². The van der Waals surface area contributed by atoms with Crippen LogP contribution in [0.25, 0.3) is 6.08 Å². The van der Waals surface area contributed by atoms with E-state index in [0.717, 1.165) is 17.7 Å². The highest BCUT2D eigenvalue weighted by molar-refractivity contribution is 8.02. The highest BCUT2D eigenvalue weighted by Crippen LogP contribution is 2.31. The molecule has 0 saturated carbocycles. The Kier molecular flexibility index (Phi) is 8.37. The van der Waals surface area contributed by atoms with Gasteiger partial charge in [0.2, 0.25) is 16.9 Å². The van der Waals surface area contributed by atoms with E-state index >= 15 is 0 Å². The topological polar surface area (TPSA) is 84.0 Å². The summed E-state index contributed by atoms with van der Waals surface area (Å²) in [6.07, 6.45) is 4.79. The van der Waals surface area contributed by atoms with Gasteiger partial charge in [0.05, 0.1) is 5.25 Å². The van der Waals surface area contributed by atoms with E-state index in [1.165, 1.54) is 34.7 Å². The fourth-order valence-corrected chi connectivity index (χ4v) is 4.60. The quantitative estimate of drug-likeness (QED) is 0.263. The molecule has 2 aromatic carbocycles. The molecule has 1 aromatic heterocycles. The van der Waals surface area contributed by atoms with E-state index in [4.69, 9.17) is 0 Å². The second-order valence-electron chi connectivity index (χ2n) is 6.66. The van der Waals surface area contributed by atoms with E-state index < -0.39 is 0 Å². The van der Waals surface area contributed by atoms with Crippen LogP contribution in [0.3, 0.4) is 0 Å². The first kappa shape index (κ1) is 22.7. The smallest absolute Gasteiger partial charge is 0.250 e. The molecule has 1 atom stereocenters. The molecule has 6 nitrogen and oxygen atoms in total. The number of thioether (sulfide) groups is 1. The Labute approximate surface area is 190 Å². The number of hydrogen-bond donors (Lipinski definition) is 2. The van der Waals surface area contributed by atoms with Crippen LogP contribution in [0.5, 0.6) is 0 Å². The van der Waals surface area contributed by atoms with E-state index in [1.54, 1.807) is 6.08 Å². The number of nitrogens with one attached hydrogen (secondary N) is 2. The third kappa shape index (κ3) is 7.04. The Bertz CT molecular complexity index is 1030. The van der Waals surface area contributed by atoms with Crippen LogP contribution in [0.4, 0.5) is 10.8 Å². The number of carbonyl (C=O) groups excluding carboxylic acids is 2. The molecule has 0 aliphatic carbocycles. The maximum atomic E-state index is 12.7. The predicted octanol–water partition coefficient (Wildman–Crippen LogP) is 5.26. The Hall–Kier alpha value is -2.97. The van der Waals surface area contributed by atoms with Crippen molar-refractivity contribution >= 4 is 51.8 Å². The van der Waals surface area contributed by atoms with Crippen LogP contribution in [0.15, 0.2) is 65.0 Å². The summed E-state index contributed by atoms with van der Waals surface area (Å²) in [6, 6.07) is 17.4. The second kappa shape index (κ2) is 11.4. The monoisotopic (exact) mass is 452 g/mol. The van der Waals surface area contributed by atoms with Gasteiger partial charge in [0.25, 0.3) is 0 Å². The second-order valence-corrected chi connectivity index (χ2v) is 9.09. The van der Waals surface area contributed by atoms with E-state index in [2.05, 4.69) is 27.8 Å². The predicted molar refractivity (Wildman–Crippen MR) is 128 cm³/mol. The Morgan fingerprint density at radius 1 is 1.03 bits per heavy atom. The van der Waals surface area contributed by atoms with Gasteiger partial charge in [0.15, 0.2) is 4.34 Å². The standard InChI is InChI=1S/C23H24N4O2S2/c1-3-16-10-13-18(14-11-16)24-21(29)19(4-2)30-23-27-26-22(31-23)25-20(28)15-12-17-8-6-5-7-9-17/h5-15,19H,3-4H2,1-2H3,(H,24,29)(H,25,26,28). The summed E-state index contributed by atoms with van der Waals surface area (Å²) in [5.74, 6) is -0.361. The van der Waals surface area contributed by atoms with Gasteiger partial charge in [-0.05, 0) is 42.2 Å². The molecule has 1 unspecified atom stereocenters. The lowest BCUT2D eigenvalue weighted by Crippen LogP contribution is -2.24. The van der Waals surface area contributed by atoms with Gasteiger partial charge in [0.1, 0.15) is 0 Å². The van der Waals surface area contributed by atoms with Crippen molar-refractivity contribution in [3.63, 3.8) is 0 Å². The average Bonchev–Trinajstić information content (AvgIpc) is 3.24. The van der Waals surface area contributed by atoms with Gasteiger partial charge in [-0.1, -0.05) is 79.4 Å². The first-order valence-electron chi connectivity index (χ1n) is 10.0. The van der Waals surface area contributed by atoms with E-state index in [-0.39, 0.29) is 17.1 Å². The molecule has 1 heterocycles. The number of rotatable bonds is 9. The van der Waals surface area contributed by atoms with Crippen LogP contribution < -0.4 is 10.6 Å². The number of nitrogens with zero attached hydrogens (tertiary/aromatic N) is 2. The van der Waals surface area contributed by atoms with Crippen molar-refractivity contribution in [1.29, 1.82) is 0 Å². The minimum absolute atomic E-state index is 0.0803. The zero-order valence-corrected chi connectivity index (χ0v) is 19.0. The third-order valence-electron chi connectivity index (χ3n) is 4.40.